The second-order valence-electron chi connectivity index (χ2n) is 11.8. The second-order valence-corrected chi connectivity index (χ2v) is 11.8. The Morgan fingerprint density at radius 1 is 0.500 bits per heavy atom. The van der Waals surface area contributed by atoms with E-state index in [0.717, 1.165) is 117 Å². The summed E-state index contributed by atoms with van der Waals surface area (Å²) in [5, 5.41) is 4.35. The molecule has 5 rings (SSSR count). The number of carbonyl (C=O) groups is 1. The topological polar surface area (TPSA) is 80.2 Å². The first-order valence-corrected chi connectivity index (χ1v) is 16.3. The van der Waals surface area contributed by atoms with Crippen molar-refractivity contribution in [1.82, 2.24) is 19.9 Å². The molecule has 0 atom stereocenters. The van der Waals surface area contributed by atoms with Gasteiger partial charge < -0.3 is 19.9 Å². The molecule has 4 aromatic rings. The zero-order valence-electron chi connectivity index (χ0n) is 26.0. The minimum absolute atomic E-state index is 0.733. The first-order valence-electron chi connectivity index (χ1n) is 16.3. The molecule has 0 amide bonds. The molecule has 0 saturated heterocycles. The third kappa shape index (κ3) is 6.21. The lowest BCUT2D eigenvalue weighted by Gasteiger charge is -2.08. The van der Waals surface area contributed by atoms with Gasteiger partial charge in [-0.1, -0.05) is 53.4 Å². The van der Waals surface area contributed by atoms with Gasteiger partial charge in [0.05, 0.1) is 5.35 Å². The third-order valence-electron chi connectivity index (χ3n) is 8.73. The van der Waals surface area contributed by atoms with E-state index in [1.807, 2.05) is 0 Å². The molecule has 0 aromatic carbocycles. The van der Waals surface area contributed by atoms with Crippen molar-refractivity contribution in [2.24, 2.45) is 0 Å². The summed E-state index contributed by atoms with van der Waals surface area (Å²) in [6.07, 6.45) is 13.8. The van der Waals surface area contributed by atoms with Gasteiger partial charge in [-0.25, -0.2) is 0 Å². The largest absolute Gasteiger partial charge is 0.355 e. The highest BCUT2D eigenvalue weighted by Crippen LogP contribution is 2.25. The van der Waals surface area contributed by atoms with Crippen LogP contribution >= 0.6 is 0 Å². The summed E-state index contributed by atoms with van der Waals surface area (Å²) >= 11 is 0. The number of hydrogen-bond donors (Lipinski definition) is 4. The highest BCUT2D eigenvalue weighted by molar-refractivity contribution is 5.80. The predicted octanol–water partition coefficient (Wildman–Crippen LogP) is 6.68. The van der Waals surface area contributed by atoms with Crippen molar-refractivity contribution < 1.29 is 4.79 Å². The summed E-state index contributed by atoms with van der Waals surface area (Å²) in [4.78, 5) is 27.7. The fourth-order valence-corrected chi connectivity index (χ4v) is 6.27. The van der Waals surface area contributed by atoms with Gasteiger partial charge in [-0.2, -0.15) is 0 Å². The van der Waals surface area contributed by atoms with Crippen LogP contribution in [0.3, 0.4) is 0 Å². The SMILES string of the molecule is CCCCC1=c2ccc([nH]2)=C(CCCC)c2ccc([nH]2)C(CCCC)=c2[nH]c(cc2C=O)=C(CCCC)c2ccc1[nH]2. The van der Waals surface area contributed by atoms with Gasteiger partial charge in [0.2, 0.25) is 0 Å². The van der Waals surface area contributed by atoms with Crippen LogP contribution in [0.15, 0.2) is 42.5 Å². The summed E-state index contributed by atoms with van der Waals surface area (Å²) in [5.41, 5.74) is 10.3. The Labute approximate surface area is 250 Å². The van der Waals surface area contributed by atoms with Crippen LogP contribution in [0.2, 0.25) is 0 Å². The van der Waals surface area contributed by atoms with Crippen LogP contribution in [-0.2, 0) is 0 Å². The van der Waals surface area contributed by atoms with Crippen LogP contribution in [0.1, 0.15) is 138 Å². The van der Waals surface area contributed by atoms with Crippen molar-refractivity contribution >= 4 is 28.6 Å². The highest BCUT2D eigenvalue weighted by Gasteiger charge is 2.16. The minimum atomic E-state index is 0.733. The van der Waals surface area contributed by atoms with Crippen LogP contribution in [0.5, 0.6) is 0 Å². The first kappa shape index (κ1) is 29.8. The molecule has 0 fully saturated rings. The molecule has 0 radical (unpaired) electrons. The summed E-state index contributed by atoms with van der Waals surface area (Å²) in [5.74, 6) is 0. The van der Waals surface area contributed by atoms with Crippen LogP contribution < -0.4 is 21.4 Å². The molecular formula is C37H48N4O. The zero-order valence-corrected chi connectivity index (χ0v) is 26.0. The number of hydrogen-bond acceptors (Lipinski definition) is 1. The minimum Gasteiger partial charge on any atom is -0.355 e. The molecule has 1 aliphatic heterocycles. The van der Waals surface area contributed by atoms with Crippen molar-refractivity contribution in [3.8, 4) is 0 Å². The molecule has 4 aromatic heterocycles. The van der Waals surface area contributed by atoms with E-state index in [1.165, 1.54) is 38.7 Å². The molecule has 1 aliphatic rings. The molecular weight excluding hydrogens is 516 g/mol. The van der Waals surface area contributed by atoms with Crippen LogP contribution in [0, 0.1) is 0 Å². The third-order valence-corrected chi connectivity index (χ3v) is 8.73. The van der Waals surface area contributed by atoms with Gasteiger partial charge in [-0.05, 0) is 116 Å². The van der Waals surface area contributed by atoms with Gasteiger partial charge in [0.1, 0.15) is 0 Å². The van der Waals surface area contributed by atoms with Gasteiger partial charge in [-0.3, -0.25) is 4.79 Å². The monoisotopic (exact) mass is 564 g/mol. The summed E-state index contributed by atoms with van der Waals surface area (Å²) in [6.45, 7) is 8.97. The van der Waals surface area contributed by atoms with E-state index in [0.29, 0.717) is 0 Å². The number of H-pyrrole nitrogens is 4. The molecule has 5 heteroatoms. The van der Waals surface area contributed by atoms with Gasteiger partial charge in [-0.15, -0.1) is 0 Å². The number of carbonyl (C=O) groups excluding carboxylic acids is 1. The molecule has 0 spiro atoms. The Kier molecular flexibility index (Phi) is 9.89. The summed E-state index contributed by atoms with van der Waals surface area (Å²) in [6, 6.07) is 15.5. The Morgan fingerprint density at radius 2 is 0.905 bits per heavy atom. The number of rotatable bonds is 13. The summed E-state index contributed by atoms with van der Waals surface area (Å²) < 4.78 is 0. The normalized spacial score (nSPS) is 13.3. The molecule has 0 aliphatic carbocycles. The van der Waals surface area contributed by atoms with Crippen molar-refractivity contribution in [3.63, 3.8) is 0 Å². The maximum absolute atomic E-state index is 12.5. The standard InChI is InChI=1S/C37H48N4O/c1-5-9-13-26-30-17-18-31(38-30)27(14-10-6-2)33-21-22-35(40-33)29(16-12-8-4)37-25(24-42)23-36(41-37)28(15-11-7-3)34-20-19-32(26)39-34/h17-24,38-41H,5-16H2,1-4H3. The molecule has 5 nitrogen and oxygen atoms in total. The van der Waals surface area contributed by atoms with Gasteiger partial charge in [0.25, 0.3) is 0 Å². The Bertz CT molecular complexity index is 1750. The maximum atomic E-state index is 12.5. The summed E-state index contributed by atoms with van der Waals surface area (Å²) in [7, 11) is 0. The number of aromatic nitrogens is 4. The molecule has 4 N–H and O–H groups in total. The Hall–Kier alpha value is -3.73. The lowest BCUT2D eigenvalue weighted by atomic mass is 10.0. The van der Waals surface area contributed by atoms with Crippen molar-refractivity contribution in [2.45, 2.75) is 105 Å². The van der Waals surface area contributed by atoms with E-state index in [1.54, 1.807) is 0 Å². The highest BCUT2D eigenvalue weighted by atomic mass is 16.1. The quantitative estimate of drug-likeness (QED) is 0.134. The lowest BCUT2D eigenvalue weighted by Crippen LogP contribution is -2.19. The maximum Gasteiger partial charge on any atom is 0.152 e. The average Bonchev–Trinajstić information content (AvgIpc) is 3.82. The number of aldehydes is 1. The Morgan fingerprint density at radius 3 is 1.33 bits per heavy atom. The lowest BCUT2D eigenvalue weighted by molar-refractivity contribution is 0.112. The Balaban J connectivity index is 1.89. The average molecular weight is 565 g/mol. The molecule has 0 unspecified atom stereocenters. The van der Waals surface area contributed by atoms with E-state index in [9.17, 15) is 4.79 Å². The van der Waals surface area contributed by atoms with Crippen molar-refractivity contribution in [3.05, 3.63) is 92.2 Å². The van der Waals surface area contributed by atoms with E-state index in [2.05, 4.69) is 90.1 Å². The van der Waals surface area contributed by atoms with Crippen molar-refractivity contribution in [1.29, 1.82) is 0 Å². The first-order chi connectivity index (χ1) is 20.6. The van der Waals surface area contributed by atoms with Crippen LogP contribution in [0.4, 0.5) is 0 Å². The van der Waals surface area contributed by atoms with Gasteiger partial charge in [0, 0.05) is 44.4 Å². The van der Waals surface area contributed by atoms with E-state index < -0.39 is 0 Å². The fraction of sp³-hybridized carbons (Fsp3) is 0.432. The molecule has 5 heterocycles. The van der Waals surface area contributed by atoms with E-state index in [4.69, 9.17) is 0 Å². The second kappa shape index (κ2) is 14.0. The molecule has 8 bridgehead atoms. The van der Waals surface area contributed by atoms with E-state index >= 15 is 0 Å². The fourth-order valence-electron chi connectivity index (χ4n) is 6.27. The smallest absolute Gasteiger partial charge is 0.152 e. The van der Waals surface area contributed by atoms with Gasteiger partial charge in [0.15, 0.2) is 6.29 Å². The number of fused-ring (bicyclic) bond motifs is 8. The predicted molar refractivity (Wildman–Crippen MR) is 175 cm³/mol. The number of aromatic amines is 4. The van der Waals surface area contributed by atoms with Crippen LogP contribution in [0.25, 0.3) is 22.3 Å². The molecule has 222 valence electrons. The van der Waals surface area contributed by atoms with Crippen LogP contribution in [-0.4, -0.2) is 26.2 Å². The number of unbranched alkanes of at least 4 members (excludes halogenated alkanes) is 4. The molecule has 42 heavy (non-hydrogen) atoms. The van der Waals surface area contributed by atoms with Crippen molar-refractivity contribution in [2.75, 3.05) is 0 Å². The molecule has 0 saturated carbocycles. The van der Waals surface area contributed by atoms with Gasteiger partial charge >= 0.3 is 0 Å². The zero-order chi connectivity index (χ0) is 29.5. The number of nitrogens with one attached hydrogen (secondary N) is 4. The van der Waals surface area contributed by atoms with E-state index in [-0.39, 0.29) is 0 Å².